The summed E-state index contributed by atoms with van der Waals surface area (Å²) in [6.45, 7) is 1.89. The largest absolute Gasteiger partial charge is 0.381 e. The molecule has 2 heterocycles. The van der Waals surface area contributed by atoms with Gasteiger partial charge in [-0.3, -0.25) is 4.98 Å². The first-order valence-electron chi connectivity index (χ1n) is 4.49. The van der Waals surface area contributed by atoms with E-state index in [9.17, 15) is 4.39 Å². The minimum Gasteiger partial charge on any atom is -0.381 e. The lowest BCUT2D eigenvalue weighted by molar-refractivity contribution is 0.634. The highest BCUT2D eigenvalue weighted by molar-refractivity contribution is 5.63. The molecule has 5 heteroatoms. The van der Waals surface area contributed by atoms with E-state index in [-0.39, 0.29) is 11.5 Å². The van der Waals surface area contributed by atoms with Crippen molar-refractivity contribution in [2.24, 2.45) is 7.05 Å². The van der Waals surface area contributed by atoms with Crippen LogP contribution in [0.15, 0.2) is 18.5 Å². The monoisotopic (exact) mass is 206 g/mol. The van der Waals surface area contributed by atoms with Gasteiger partial charge in [0.05, 0.1) is 0 Å². The molecule has 15 heavy (non-hydrogen) atoms. The molecular weight excluding hydrogens is 195 g/mol. The molecule has 0 aliphatic heterocycles. The number of aryl methyl sites for hydroxylation is 2. The third-order valence-corrected chi connectivity index (χ3v) is 2.18. The molecule has 0 aromatic carbocycles. The molecule has 2 aromatic rings. The molecule has 2 N–H and O–H groups in total. The molecule has 0 saturated heterocycles. The van der Waals surface area contributed by atoms with E-state index >= 15 is 0 Å². The SMILES string of the molecule is Cc1cncc(-c2nn(C)c(N)c2F)c1. The molecule has 2 rings (SSSR count). The number of nitrogens with zero attached hydrogens (tertiary/aromatic N) is 3. The first-order chi connectivity index (χ1) is 7.09. The standard InChI is InChI=1S/C10H11FN4/c1-6-3-7(5-13-4-6)9-8(11)10(12)15(2)14-9/h3-5H,12H2,1-2H3. The fourth-order valence-electron chi connectivity index (χ4n) is 1.38. The van der Waals surface area contributed by atoms with Gasteiger partial charge in [-0.1, -0.05) is 0 Å². The molecule has 0 spiro atoms. The van der Waals surface area contributed by atoms with Crippen LogP contribution in [0.25, 0.3) is 11.3 Å². The summed E-state index contributed by atoms with van der Waals surface area (Å²) >= 11 is 0. The van der Waals surface area contributed by atoms with E-state index in [1.54, 1.807) is 19.4 Å². The van der Waals surface area contributed by atoms with Crippen molar-refractivity contribution >= 4 is 5.82 Å². The molecule has 0 aliphatic carbocycles. The zero-order chi connectivity index (χ0) is 11.0. The highest BCUT2D eigenvalue weighted by atomic mass is 19.1. The predicted molar refractivity (Wildman–Crippen MR) is 55.5 cm³/mol. The Labute approximate surface area is 86.6 Å². The summed E-state index contributed by atoms with van der Waals surface area (Å²) in [6, 6.07) is 1.82. The molecule has 0 fully saturated rings. The second-order valence-electron chi connectivity index (χ2n) is 3.42. The lowest BCUT2D eigenvalue weighted by Gasteiger charge is -1.97. The number of nitrogens with two attached hydrogens (primary N) is 1. The fraction of sp³-hybridized carbons (Fsp3) is 0.200. The Morgan fingerprint density at radius 1 is 1.40 bits per heavy atom. The summed E-state index contributed by atoms with van der Waals surface area (Å²) < 4.78 is 14.9. The first-order valence-corrected chi connectivity index (χ1v) is 4.49. The summed E-state index contributed by atoms with van der Waals surface area (Å²) in [7, 11) is 1.60. The Hall–Kier alpha value is -1.91. The molecule has 0 bridgehead atoms. The number of pyridine rings is 1. The Kier molecular flexibility index (Phi) is 2.15. The molecule has 78 valence electrons. The topological polar surface area (TPSA) is 56.7 Å². The van der Waals surface area contributed by atoms with Crippen LogP contribution in [0.4, 0.5) is 10.2 Å². The molecule has 2 aromatic heterocycles. The Morgan fingerprint density at radius 3 is 2.67 bits per heavy atom. The van der Waals surface area contributed by atoms with Gasteiger partial charge in [0.1, 0.15) is 5.69 Å². The van der Waals surface area contributed by atoms with Gasteiger partial charge in [0.15, 0.2) is 11.6 Å². The summed E-state index contributed by atoms with van der Waals surface area (Å²) in [5.41, 5.74) is 7.32. The first kappa shape index (κ1) is 9.64. The van der Waals surface area contributed by atoms with Crippen molar-refractivity contribution in [1.82, 2.24) is 14.8 Å². The van der Waals surface area contributed by atoms with E-state index in [2.05, 4.69) is 10.1 Å². The molecule has 0 atom stereocenters. The van der Waals surface area contributed by atoms with Crippen molar-refractivity contribution in [3.63, 3.8) is 0 Å². The number of rotatable bonds is 1. The maximum absolute atomic E-state index is 13.6. The summed E-state index contributed by atoms with van der Waals surface area (Å²) in [5.74, 6) is -0.462. The van der Waals surface area contributed by atoms with E-state index in [4.69, 9.17) is 5.73 Å². The number of nitrogen functional groups attached to an aromatic ring is 1. The quantitative estimate of drug-likeness (QED) is 0.769. The van der Waals surface area contributed by atoms with Crippen molar-refractivity contribution < 1.29 is 4.39 Å². The zero-order valence-corrected chi connectivity index (χ0v) is 8.53. The van der Waals surface area contributed by atoms with Crippen LogP contribution >= 0.6 is 0 Å². The van der Waals surface area contributed by atoms with E-state index in [1.165, 1.54) is 4.68 Å². The molecule has 4 nitrogen and oxygen atoms in total. The molecule has 0 amide bonds. The van der Waals surface area contributed by atoms with Gasteiger partial charge in [0, 0.05) is 25.0 Å². The highest BCUT2D eigenvalue weighted by Crippen LogP contribution is 2.24. The van der Waals surface area contributed by atoms with Crippen LogP contribution in [-0.2, 0) is 7.05 Å². The minimum absolute atomic E-state index is 0.0338. The van der Waals surface area contributed by atoms with Crippen LogP contribution in [0.5, 0.6) is 0 Å². The van der Waals surface area contributed by atoms with Gasteiger partial charge in [0.25, 0.3) is 0 Å². The Morgan fingerprint density at radius 2 is 2.13 bits per heavy atom. The van der Waals surface area contributed by atoms with E-state index in [0.717, 1.165) is 5.56 Å². The van der Waals surface area contributed by atoms with Gasteiger partial charge in [0.2, 0.25) is 0 Å². The number of hydrogen-bond donors (Lipinski definition) is 1. The van der Waals surface area contributed by atoms with Crippen LogP contribution in [0.3, 0.4) is 0 Å². The highest BCUT2D eigenvalue weighted by Gasteiger charge is 2.15. The van der Waals surface area contributed by atoms with Gasteiger partial charge < -0.3 is 5.73 Å². The van der Waals surface area contributed by atoms with Gasteiger partial charge >= 0.3 is 0 Å². The van der Waals surface area contributed by atoms with Gasteiger partial charge in [-0.05, 0) is 18.6 Å². The Bertz CT molecular complexity index is 504. The molecule has 0 unspecified atom stereocenters. The summed E-state index contributed by atoms with van der Waals surface area (Å²) in [5, 5.41) is 4.00. The van der Waals surface area contributed by atoms with Crippen molar-refractivity contribution in [3.05, 3.63) is 29.8 Å². The van der Waals surface area contributed by atoms with Gasteiger partial charge in [-0.15, -0.1) is 0 Å². The lowest BCUT2D eigenvalue weighted by atomic mass is 10.1. The fourth-order valence-corrected chi connectivity index (χ4v) is 1.38. The van der Waals surface area contributed by atoms with Crippen molar-refractivity contribution in [2.75, 3.05) is 5.73 Å². The van der Waals surface area contributed by atoms with Crippen molar-refractivity contribution in [1.29, 1.82) is 0 Å². The molecule has 0 aliphatic rings. The second kappa shape index (κ2) is 3.34. The normalized spacial score (nSPS) is 10.6. The van der Waals surface area contributed by atoms with Gasteiger partial charge in [-0.2, -0.15) is 5.10 Å². The van der Waals surface area contributed by atoms with Crippen LogP contribution in [0.2, 0.25) is 0 Å². The third-order valence-electron chi connectivity index (χ3n) is 2.18. The smallest absolute Gasteiger partial charge is 0.192 e. The van der Waals surface area contributed by atoms with Gasteiger partial charge in [-0.25, -0.2) is 9.07 Å². The summed E-state index contributed by atoms with van der Waals surface area (Å²) in [4.78, 5) is 3.98. The van der Waals surface area contributed by atoms with E-state index < -0.39 is 5.82 Å². The average molecular weight is 206 g/mol. The maximum Gasteiger partial charge on any atom is 0.192 e. The van der Waals surface area contributed by atoms with E-state index in [1.807, 2.05) is 13.0 Å². The van der Waals surface area contributed by atoms with Crippen molar-refractivity contribution in [3.8, 4) is 11.3 Å². The third kappa shape index (κ3) is 1.56. The maximum atomic E-state index is 13.6. The lowest BCUT2D eigenvalue weighted by Crippen LogP contribution is -1.97. The van der Waals surface area contributed by atoms with Crippen molar-refractivity contribution in [2.45, 2.75) is 6.92 Å². The second-order valence-corrected chi connectivity index (χ2v) is 3.42. The molecular formula is C10H11FN4. The van der Waals surface area contributed by atoms with E-state index in [0.29, 0.717) is 5.56 Å². The minimum atomic E-state index is -0.495. The number of halogens is 1. The van der Waals surface area contributed by atoms with Crippen LogP contribution < -0.4 is 5.73 Å². The molecule has 0 radical (unpaired) electrons. The van der Waals surface area contributed by atoms with Crippen LogP contribution in [0, 0.1) is 12.7 Å². The average Bonchev–Trinajstić information content (AvgIpc) is 2.46. The van der Waals surface area contributed by atoms with Crippen LogP contribution in [-0.4, -0.2) is 14.8 Å². The number of hydrogen-bond acceptors (Lipinski definition) is 3. The number of anilines is 1. The Balaban J connectivity index is 2.59. The molecule has 0 saturated carbocycles. The summed E-state index contributed by atoms with van der Waals surface area (Å²) in [6.07, 6.45) is 3.27. The predicted octanol–water partition coefficient (Wildman–Crippen LogP) is 1.51. The zero-order valence-electron chi connectivity index (χ0n) is 8.53. The number of aromatic nitrogens is 3. The van der Waals surface area contributed by atoms with Crippen LogP contribution in [0.1, 0.15) is 5.56 Å².